The third-order valence-electron chi connectivity index (χ3n) is 3.46. The fourth-order valence-corrected chi connectivity index (χ4v) is 2.49. The van der Waals surface area contributed by atoms with Crippen LogP contribution in [0.15, 0.2) is 30.3 Å². The van der Waals surface area contributed by atoms with Gasteiger partial charge in [0.1, 0.15) is 5.75 Å². The molecular weight excluding hydrogens is 304 g/mol. The Morgan fingerprint density at radius 3 is 2.17 bits per heavy atom. The van der Waals surface area contributed by atoms with Gasteiger partial charge in [0.05, 0.1) is 0 Å². The summed E-state index contributed by atoms with van der Waals surface area (Å²) in [5.74, 6) is 0.984. The van der Waals surface area contributed by atoms with Gasteiger partial charge in [-0.1, -0.05) is 61.0 Å². The highest BCUT2D eigenvalue weighted by Gasteiger charge is 2.38. The SMILES string of the molecule is CC(C)(C)[Si](C)(C)Oc1ccc(C=CCBr)cc1. The van der Waals surface area contributed by atoms with Gasteiger partial charge in [-0.05, 0) is 35.8 Å². The molecule has 0 unspecified atom stereocenters. The summed E-state index contributed by atoms with van der Waals surface area (Å²) in [5.41, 5.74) is 1.21. The predicted molar refractivity (Wildman–Crippen MR) is 87.1 cm³/mol. The summed E-state index contributed by atoms with van der Waals surface area (Å²) in [6, 6.07) is 8.33. The molecule has 0 bridgehead atoms. The lowest BCUT2D eigenvalue weighted by atomic mass is 10.2. The quantitative estimate of drug-likeness (QED) is 0.526. The summed E-state index contributed by atoms with van der Waals surface area (Å²) in [7, 11) is -1.71. The molecule has 18 heavy (non-hydrogen) atoms. The molecule has 0 saturated heterocycles. The van der Waals surface area contributed by atoms with E-state index in [2.05, 4.69) is 86.2 Å². The van der Waals surface area contributed by atoms with Gasteiger partial charge in [0.2, 0.25) is 8.32 Å². The first kappa shape index (κ1) is 15.5. The van der Waals surface area contributed by atoms with Crippen molar-refractivity contribution in [3.8, 4) is 5.75 Å². The second-order valence-electron chi connectivity index (χ2n) is 5.99. The lowest BCUT2D eigenvalue weighted by Gasteiger charge is -2.36. The molecule has 1 rings (SSSR count). The van der Waals surface area contributed by atoms with Crippen LogP contribution >= 0.6 is 15.9 Å². The largest absolute Gasteiger partial charge is 0.544 e. The summed E-state index contributed by atoms with van der Waals surface area (Å²) < 4.78 is 6.23. The van der Waals surface area contributed by atoms with Crippen LogP contribution in [0.2, 0.25) is 18.1 Å². The normalized spacial score (nSPS) is 13.0. The van der Waals surface area contributed by atoms with Gasteiger partial charge < -0.3 is 4.43 Å². The number of rotatable bonds is 4. The summed E-state index contributed by atoms with van der Waals surface area (Å²) in [6.07, 6.45) is 4.19. The zero-order valence-electron chi connectivity index (χ0n) is 12.0. The summed E-state index contributed by atoms with van der Waals surface area (Å²) in [6.45, 7) is 11.3. The van der Waals surface area contributed by atoms with E-state index in [9.17, 15) is 0 Å². The molecule has 1 nitrogen and oxygen atoms in total. The fourth-order valence-electron chi connectivity index (χ4n) is 1.28. The van der Waals surface area contributed by atoms with Crippen molar-refractivity contribution in [1.82, 2.24) is 0 Å². The summed E-state index contributed by atoms with van der Waals surface area (Å²) in [5, 5.41) is 1.12. The van der Waals surface area contributed by atoms with E-state index in [1.165, 1.54) is 5.56 Å². The molecule has 0 N–H and O–H groups in total. The van der Waals surface area contributed by atoms with E-state index < -0.39 is 8.32 Å². The highest BCUT2D eigenvalue weighted by molar-refractivity contribution is 9.09. The Labute approximate surface area is 121 Å². The lowest BCUT2D eigenvalue weighted by Crippen LogP contribution is -2.43. The monoisotopic (exact) mass is 326 g/mol. The Morgan fingerprint density at radius 2 is 1.72 bits per heavy atom. The van der Waals surface area contributed by atoms with Crippen molar-refractivity contribution in [2.45, 2.75) is 38.9 Å². The molecule has 0 atom stereocenters. The zero-order valence-corrected chi connectivity index (χ0v) is 14.5. The third-order valence-corrected chi connectivity index (χ3v) is 8.19. The molecule has 3 heteroatoms. The van der Waals surface area contributed by atoms with Gasteiger partial charge in [-0.25, -0.2) is 0 Å². The molecule has 0 spiro atoms. The molecule has 0 heterocycles. The maximum absolute atomic E-state index is 6.23. The molecule has 0 aliphatic heterocycles. The van der Waals surface area contributed by atoms with Gasteiger partial charge in [0, 0.05) is 5.33 Å². The molecule has 1 aromatic rings. The van der Waals surface area contributed by atoms with E-state index in [0.717, 1.165) is 11.1 Å². The molecule has 0 fully saturated rings. The number of hydrogen-bond acceptors (Lipinski definition) is 1. The highest BCUT2D eigenvalue weighted by Crippen LogP contribution is 2.37. The first-order valence-corrected chi connectivity index (χ1v) is 10.3. The van der Waals surface area contributed by atoms with Gasteiger partial charge in [0.15, 0.2) is 0 Å². The molecule has 0 aromatic heterocycles. The minimum absolute atomic E-state index is 0.238. The number of allylic oxidation sites excluding steroid dienone is 1. The Balaban J connectivity index is 2.78. The van der Waals surface area contributed by atoms with Crippen molar-refractivity contribution in [3.05, 3.63) is 35.9 Å². The van der Waals surface area contributed by atoms with Gasteiger partial charge in [-0.15, -0.1) is 0 Å². The molecule has 1 aromatic carbocycles. The number of benzene rings is 1. The van der Waals surface area contributed by atoms with Crippen LogP contribution < -0.4 is 4.43 Å². The first-order valence-electron chi connectivity index (χ1n) is 6.28. The number of alkyl halides is 1. The minimum atomic E-state index is -1.71. The van der Waals surface area contributed by atoms with Crippen LogP contribution in [0.4, 0.5) is 0 Å². The maximum atomic E-state index is 6.23. The van der Waals surface area contributed by atoms with Gasteiger partial charge in [-0.3, -0.25) is 0 Å². The average Bonchev–Trinajstić information content (AvgIpc) is 2.26. The molecule has 0 radical (unpaired) electrons. The molecule has 0 aliphatic carbocycles. The van der Waals surface area contributed by atoms with Crippen LogP contribution in [0.3, 0.4) is 0 Å². The van der Waals surface area contributed by atoms with Crippen molar-refractivity contribution in [2.24, 2.45) is 0 Å². The second kappa shape index (κ2) is 6.07. The van der Waals surface area contributed by atoms with E-state index in [1.54, 1.807) is 0 Å². The maximum Gasteiger partial charge on any atom is 0.250 e. The molecule has 0 amide bonds. The van der Waals surface area contributed by atoms with Crippen LogP contribution in [-0.4, -0.2) is 13.6 Å². The first-order chi connectivity index (χ1) is 8.26. The highest BCUT2D eigenvalue weighted by atomic mass is 79.9. The number of halogens is 1. The smallest absolute Gasteiger partial charge is 0.250 e. The lowest BCUT2D eigenvalue weighted by molar-refractivity contribution is 0.492. The molecule has 0 saturated carbocycles. The number of hydrogen-bond donors (Lipinski definition) is 0. The second-order valence-corrected chi connectivity index (χ2v) is 11.4. The van der Waals surface area contributed by atoms with E-state index in [-0.39, 0.29) is 5.04 Å². The van der Waals surface area contributed by atoms with E-state index in [1.807, 2.05) is 0 Å². The van der Waals surface area contributed by atoms with Crippen molar-refractivity contribution < 1.29 is 4.43 Å². The minimum Gasteiger partial charge on any atom is -0.544 e. The molecular formula is C15H23BrOSi. The van der Waals surface area contributed by atoms with Crippen LogP contribution in [0, 0.1) is 0 Å². The van der Waals surface area contributed by atoms with Crippen molar-refractivity contribution in [1.29, 1.82) is 0 Å². The third kappa shape index (κ3) is 4.29. The van der Waals surface area contributed by atoms with Crippen molar-refractivity contribution in [3.63, 3.8) is 0 Å². The Hall–Kier alpha value is -0.543. The van der Waals surface area contributed by atoms with Crippen LogP contribution in [0.5, 0.6) is 5.75 Å². The molecule has 100 valence electrons. The zero-order chi connectivity index (χ0) is 13.8. The standard InChI is InChI=1S/C15H23BrOSi/c1-15(2,3)18(4,5)17-14-10-8-13(9-11-14)7-6-12-16/h6-11H,12H2,1-5H3. The van der Waals surface area contributed by atoms with Crippen LogP contribution in [0.1, 0.15) is 26.3 Å². The van der Waals surface area contributed by atoms with Crippen molar-refractivity contribution in [2.75, 3.05) is 5.33 Å². The average molecular weight is 327 g/mol. The Morgan fingerprint density at radius 1 is 1.17 bits per heavy atom. The topological polar surface area (TPSA) is 9.23 Å². The van der Waals surface area contributed by atoms with E-state index >= 15 is 0 Å². The van der Waals surface area contributed by atoms with E-state index in [4.69, 9.17) is 4.43 Å². The van der Waals surface area contributed by atoms with Gasteiger partial charge >= 0.3 is 0 Å². The summed E-state index contributed by atoms with van der Waals surface area (Å²) in [4.78, 5) is 0. The fraction of sp³-hybridized carbons (Fsp3) is 0.467. The van der Waals surface area contributed by atoms with Crippen molar-refractivity contribution >= 4 is 30.3 Å². The predicted octanol–water partition coefficient (Wildman–Crippen LogP) is 5.48. The van der Waals surface area contributed by atoms with Gasteiger partial charge in [-0.2, -0.15) is 0 Å². The van der Waals surface area contributed by atoms with Crippen LogP contribution in [0.25, 0.3) is 6.08 Å². The van der Waals surface area contributed by atoms with Gasteiger partial charge in [0.25, 0.3) is 0 Å². The Kier molecular flexibility index (Phi) is 5.23. The van der Waals surface area contributed by atoms with Crippen LogP contribution in [-0.2, 0) is 0 Å². The Bertz CT molecular complexity index is 401. The molecule has 0 aliphatic rings. The van der Waals surface area contributed by atoms with E-state index in [0.29, 0.717) is 0 Å². The summed E-state index contributed by atoms with van der Waals surface area (Å²) >= 11 is 3.38.